The SMILES string of the molecule is N=C1CSC(N2CCCCC2)=N1. The molecular formula is C8H13N3S. The van der Waals surface area contributed by atoms with Gasteiger partial charge in [-0.2, -0.15) is 0 Å². The normalized spacial score (nSPS) is 24.5. The van der Waals surface area contributed by atoms with Crippen LogP contribution in [-0.4, -0.2) is 34.7 Å². The number of aliphatic imine (C=N–C) groups is 1. The molecule has 0 amide bonds. The Morgan fingerprint density at radius 2 is 2.00 bits per heavy atom. The molecule has 2 heterocycles. The molecule has 1 fully saturated rings. The standard InChI is InChI=1S/C8H13N3S/c9-7-6-12-8(10-7)11-4-2-1-3-5-11/h9H,1-6H2. The average molecular weight is 183 g/mol. The van der Waals surface area contributed by atoms with Gasteiger partial charge in [0.2, 0.25) is 0 Å². The molecule has 0 aromatic carbocycles. The van der Waals surface area contributed by atoms with Gasteiger partial charge in [0.15, 0.2) is 5.17 Å². The second kappa shape index (κ2) is 3.47. The molecule has 0 aromatic rings. The summed E-state index contributed by atoms with van der Waals surface area (Å²) in [5, 5.41) is 8.45. The molecular weight excluding hydrogens is 170 g/mol. The minimum absolute atomic E-state index is 0.528. The lowest BCUT2D eigenvalue weighted by molar-refractivity contribution is 0.348. The molecule has 0 unspecified atom stereocenters. The van der Waals surface area contributed by atoms with Gasteiger partial charge in [-0.1, -0.05) is 11.8 Å². The van der Waals surface area contributed by atoms with Crippen LogP contribution in [0.15, 0.2) is 4.99 Å². The number of hydrogen-bond donors (Lipinski definition) is 1. The molecule has 0 atom stereocenters. The van der Waals surface area contributed by atoms with Crippen molar-refractivity contribution in [3.8, 4) is 0 Å². The fourth-order valence-corrected chi connectivity index (χ4v) is 2.43. The Balaban J connectivity index is 1.99. The van der Waals surface area contributed by atoms with Gasteiger partial charge >= 0.3 is 0 Å². The van der Waals surface area contributed by atoms with Crippen molar-refractivity contribution in [1.29, 1.82) is 5.41 Å². The van der Waals surface area contributed by atoms with Crippen molar-refractivity contribution in [2.45, 2.75) is 19.3 Å². The van der Waals surface area contributed by atoms with Gasteiger partial charge in [-0.05, 0) is 19.3 Å². The topological polar surface area (TPSA) is 39.5 Å². The molecule has 66 valence electrons. The number of nitrogens with zero attached hydrogens (tertiary/aromatic N) is 2. The highest BCUT2D eigenvalue weighted by Crippen LogP contribution is 2.20. The van der Waals surface area contributed by atoms with E-state index in [1.807, 2.05) is 0 Å². The first-order chi connectivity index (χ1) is 5.86. The van der Waals surface area contributed by atoms with Gasteiger partial charge in [0.25, 0.3) is 0 Å². The van der Waals surface area contributed by atoms with Crippen molar-refractivity contribution in [3.05, 3.63) is 0 Å². The molecule has 0 saturated carbocycles. The Kier molecular flexibility index (Phi) is 2.35. The number of hydrogen-bond acceptors (Lipinski definition) is 3. The van der Waals surface area contributed by atoms with Crippen LogP contribution in [0.3, 0.4) is 0 Å². The van der Waals surface area contributed by atoms with Crippen LogP contribution in [-0.2, 0) is 0 Å². The zero-order valence-corrected chi connectivity index (χ0v) is 7.86. The van der Waals surface area contributed by atoms with Crippen LogP contribution in [0.5, 0.6) is 0 Å². The lowest BCUT2D eigenvalue weighted by Crippen LogP contribution is -2.33. The van der Waals surface area contributed by atoms with E-state index in [0.29, 0.717) is 5.84 Å². The molecule has 3 nitrogen and oxygen atoms in total. The molecule has 4 heteroatoms. The Labute approximate surface area is 76.7 Å². The van der Waals surface area contributed by atoms with Gasteiger partial charge in [0, 0.05) is 13.1 Å². The van der Waals surface area contributed by atoms with Crippen LogP contribution in [0, 0.1) is 5.41 Å². The maximum Gasteiger partial charge on any atom is 0.166 e. The van der Waals surface area contributed by atoms with Gasteiger partial charge < -0.3 is 4.90 Å². The Hall–Kier alpha value is -0.510. The lowest BCUT2D eigenvalue weighted by atomic mass is 10.1. The first-order valence-electron chi connectivity index (χ1n) is 4.40. The third-order valence-electron chi connectivity index (χ3n) is 2.20. The Morgan fingerprint density at radius 1 is 1.25 bits per heavy atom. The lowest BCUT2D eigenvalue weighted by Gasteiger charge is -2.27. The second-order valence-corrected chi connectivity index (χ2v) is 4.12. The maximum atomic E-state index is 7.36. The predicted octanol–water partition coefficient (Wildman–Crippen LogP) is 1.55. The summed E-state index contributed by atoms with van der Waals surface area (Å²) in [5.41, 5.74) is 0. The molecule has 0 aliphatic carbocycles. The highest BCUT2D eigenvalue weighted by molar-refractivity contribution is 8.14. The van der Waals surface area contributed by atoms with E-state index in [1.165, 1.54) is 19.3 Å². The first kappa shape index (κ1) is 8.10. The number of amidine groups is 2. The number of thioether (sulfide) groups is 1. The quantitative estimate of drug-likeness (QED) is 0.619. The van der Waals surface area contributed by atoms with E-state index in [2.05, 4.69) is 9.89 Å². The van der Waals surface area contributed by atoms with E-state index in [9.17, 15) is 0 Å². The van der Waals surface area contributed by atoms with Crippen LogP contribution in [0.2, 0.25) is 0 Å². The highest BCUT2D eigenvalue weighted by atomic mass is 32.2. The number of rotatable bonds is 0. The summed E-state index contributed by atoms with van der Waals surface area (Å²) in [6.45, 7) is 2.28. The Bertz CT molecular complexity index is 218. The summed E-state index contributed by atoms with van der Waals surface area (Å²) >= 11 is 1.71. The van der Waals surface area contributed by atoms with Crippen LogP contribution in [0.1, 0.15) is 19.3 Å². The summed E-state index contributed by atoms with van der Waals surface area (Å²) < 4.78 is 0. The van der Waals surface area contributed by atoms with E-state index in [0.717, 1.165) is 24.0 Å². The third-order valence-corrected chi connectivity index (χ3v) is 3.22. The van der Waals surface area contributed by atoms with Crippen LogP contribution >= 0.6 is 11.8 Å². The van der Waals surface area contributed by atoms with Crippen molar-refractivity contribution in [3.63, 3.8) is 0 Å². The minimum atomic E-state index is 0.528. The third kappa shape index (κ3) is 1.63. The fraction of sp³-hybridized carbons (Fsp3) is 0.750. The van der Waals surface area contributed by atoms with Gasteiger partial charge in [0.05, 0.1) is 5.75 Å². The van der Waals surface area contributed by atoms with Gasteiger partial charge in [-0.3, -0.25) is 5.41 Å². The molecule has 0 spiro atoms. The van der Waals surface area contributed by atoms with Crippen molar-refractivity contribution >= 4 is 22.8 Å². The molecule has 2 aliphatic heterocycles. The summed E-state index contributed by atoms with van der Waals surface area (Å²) in [5.74, 6) is 1.30. The van der Waals surface area contributed by atoms with E-state index < -0.39 is 0 Å². The van der Waals surface area contributed by atoms with Crippen molar-refractivity contribution in [1.82, 2.24) is 4.90 Å². The minimum Gasteiger partial charge on any atom is -0.351 e. The van der Waals surface area contributed by atoms with E-state index >= 15 is 0 Å². The number of nitrogens with one attached hydrogen (secondary N) is 1. The fourth-order valence-electron chi connectivity index (χ4n) is 1.56. The van der Waals surface area contributed by atoms with Crippen molar-refractivity contribution in [2.24, 2.45) is 4.99 Å². The molecule has 2 aliphatic rings. The van der Waals surface area contributed by atoms with E-state index in [1.54, 1.807) is 11.8 Å². The molecule has 12 heavy (non-hydrogen) atoms. The molecule has 1 saturated heterocycles. The number of piperidine rings is 1. The molecule has 0 radical (unpaired) electrons. The van der Waals surface area contributed by atoms with Gasteiger partial charge in [-0.15, -0.1) is 0 Å². The van der Waals surface area contributed by atoms with E-state index in [-0.39, 0.29) is 0 Å². The summed E-state index contributed by atoms with van der Waals surface area (Å²) in [6.07, 6.45) is 3.92. The van der Waals surface area contributed by atoms with Crippen LogP contribution in [0.4, 0.5) is 0 Å². The average Bonchev–Trinajstić information content (AvgIpc) is 2.54. The van der Waals surface area contributed by atoms with Crippen LogP contribution < -0.4 is 0 Å². The molecule has 0 aromatic heterocycles. The van der Waals surface area contributed by atoms with Gasteiger partial charge in [0.1, 0.15) is 5.84 Å². The number of likely N-dealkylation sites (tertiary alicyclic amines) is 1. The molecule has 1 N–H and O–H groups in total. The summed E-state index contributed by atoms with van der Waals surface area (Å²) in [4.78, 5) is 6.52. The predicted molar refractivity (Wildman–Crippen MR) is 53.0 cm³/mol. The monoisotopic (exact) mass is 183 g/mol. The molecule has 0 bridgehead atoms. The zero-order valence-electron chi connectivity index (χ0n) is 7.05. The maximum absolute atomic E-state index is 7.36. The Morgan fingerprint density at radius 3 is 2.58 bits per heavy atom. The van der Waals surface area contributed by atoms with Gasteiger partial charge in [-0.25, -0.2) is 4.99 Å². The second-order valence-electron chi connectivity index (χ2n) is 3.18. The van der Waals surface area contributed by atoms with Crippen LogP contribution in [0.25, 0.3) is 0 Å². The van der Waals surface area contributed by atoms with E-state index in [4.69, 9.17) is 5.41 Å². The summed E-state index contributed by atoms with van der Waals surface area (Å²) in [6, 6.07) is 0. The van der Waals surface area contributed by atoms with Crippen molar-refractivity contribution in [2.75, 3.05) is 18.8 Å². The largest absolute Gasteiger partial charge is 0.351 e. The zero-order chi connectivity index (χ0) is 8.39. The highest BCUT2D eigenvalue weighted by Gasteiger charge is 2.19. The summed E-state index contributed by atoms with van der Waals surface area (Å²) in [7, 11) is 0. The first-order valence-corrected chi connectivity index (χ1v) is 5.39. The smallest absolute Gasteiger partial charge is 0.166 e. The van der Waals surface area contributed by atoms with Crippen molar-refractivity contribution < 1.29 is 0 Å². The molecule has 2 rings (SSSR count).